The third kappa shape index (κ3) is 1.43. The summed E-state index contributed by atoms with van der Waals surface area (Å²) in [6.07, 6.45) is 6.36. The zero-order chi connectivity index (χ0) is 13.1. The second-order valence-electron chi connectivity index (χ2n) is 6.61. The molecule has 0 aliphatic heterocycles. The van der Waals surface area contributed by atoms with Gasteiger partial charge < -0.3 is 5.73 Å². The maximum absolute atomic E-state index is 12.3. The Morgan fingerprint density at radius 1 is 1.16 bits per heavy atom. The molecule has 100 valence electrons. The van der Waals surface area contributed by atoms with Gasteiger partial charge in [-0.15, -0.1) is 0 Å². The molecule has 4 saturated carbocycles. The van der Waals surface area contributed by atoms with Crippen molar-refractivity contribution < 1.29 is 0 Å². The van der Waals surface area contributed by atoms with E-state index >= 15 is 0 Å². The van der Waals surface area contributed by atoms with E-state index in [-0.39, 0.29) is 23.0 Å². The van der Waals surface area contributed by atoms with Gasteiger partial charge in [-0.1, -0.05) is 0 Å². The lowest BCUT2D eigenvalue weighted by atomic mass is 9.54. The summed E-state index contributed by atoms with van der Waals surface area (Å²) >= 11 is 0. The van der Waals surface area contributed by atoms with Crippen molar-refractivity contribution in [1.82, 2.24) is 9.78 Å². The van der Waals surface area contributed by atoms with E-state index in [1.807, 2.05) is 6.07 Å². The smallest absolute Gasteiger partial charge is 0.286 e. The summed E-state index contributed by atoms with van der Waals surface area (Å²) in [6.45, 7) is 0. The van der Waals surface area contributed by atoms with E-state index < -0.39 is 0 Å². The lowest BCUT2D eigenvalue weighted by molar-refractivity contribution is -0.0347. The van der Waals surface area contributed by atoms with Gasteiger partial charge in [0, 0.05) is 0 Å². The third-order valence-electron chi connectivity index (χ3n) is 5.53. The molecule has 0 saturated heterocycles. The molecule has 4 aliphatic carbocycles. The first-order valence-electron chi connectivity index (χ1n) is 7.17. The molecular weight excluding hydrogens is 240 g/mol. The summed E-state index contributed by atoms with van der Waals surface area (Å²) in [7, 11) is 0. The number of H-pyrrole nitrogens is 1. The van der Waals surface area contributed by atoms with Gasteiger partial charge in [-0.3, -0.25) is 9.89 Å². The second-order valence-corrected chi connectivity index (χ2v) is 6.61. The number of rotatable bonds is 1. The molecule has 0 spiro atoms. The molecule has 0 unspecified atom stereocenters. The van der Waals surface area contributed by atoms with Gasteiger partial charge in [0.05, 0.1) is 6.04 Å². The molecule has 5 heteroatoms. The van der Waals surface area contributed by atoms with Crippen LogP contribution in [0.3, 0.4) is 0 Å². The molecule has 0 atom stereocenters. The van der Waals surface area contributed by atoms with Crippen molar-refractivity contribution in [2.45, 2.75) is 38.1 Å². The van der Waals surface area contributed by atoms with Crippen LogP contribution < -0.4 is 11.3 Å². The van der Waals surface area contributed by atoms with E-state index in [4.69, 9.17) is 11.0 Å². The van der Waals surface area contributed by atoms with Gasteiger partial charge in [0.15, 0.2) is 5.56 Å². The SMILES string of the molecule is N#Cc1c(N)[nH]n(C2C3CC4CC(C3)CC2C4)c1=O. The van der Waals surface area contributed by atoms with Gasteiger partial charge >= 0.3 is 0 Å². The van der Waals surface area contributed by atoms with Gasteiger partial charge in [-0.05, 0) is 55.8 Å². The highest BCUT2D eigenvalue weighted by Gasteiger charge is 2.49. The van der Waals surface area contributed by atoms with Gasteiger partial charge in [-0.2, -0.15) is 5.26 Å². The van der Waals surface area contributed by atoms with Crippen molar-refractivity contribution in [2.75, 3.05) is 5.73 Å². The van der Waals surface area contributed by atoms with Crippen LogP contribution in [0.25, 0.3) is 0 Å². The first kappa shape index (κ1) is 11.2. The number of nitrogen functional groups attached to an aromatic ring is 1. The zero-order valence-corrected chi connectivity index (χ0v) is 10.8. The van der Waals surface area contributed by atoms with Crippen LogP contribution in [0.5, 0.6) is 0 Å². The molecule has 0 aromatic carbocycles. The summed E-state index contributed by atoms with van der Waals surface area (Å²) in [5, 5.41) is 12.0. The fraction of sp³-hybridized carbons (Fsp3) is 0.714. The molecular formula is C14H18N4O. The molecule has 19 heavy (non-hydrogen) atoms. The Hall–Kier alpha value is -1.70. The number of nitrogens with one attached hydrogen (secondary N) is 1. The van der Waals surface area contributed by atoms with Crippen LogP contribution in [0.4, 0.5) is 5.82 Å². The molecule has 1 aromatic heterocycles. The Kier molecular flexibility index (Phi) is 2.15. The van der Waals surface area contributed by atoms with Crippen LogP contribution in [-0.4, -0.2) is 9.78 Å². The number of aromatic nitrogens is 2. The fourth-order valence-electron chi connectivity index (χ4n) is 5.11. The van der Waals surface area contributed by atoms with Crippen LogP contribution in [0.15, 0.2) is 4.79 Å². The van der Waals surface area contributed by atoms with Gasteiger partial charge in [0.1, 0.15) is 11.9 Å². The minimum absolute atomic E-state index is 0.0776. The molecule has 4 aliphatic rings. The Balaban J connectivity index is 1.78. The van der Waals surface area contributed by atoms with Crippen molar-refractivity contribution in [2.24, 2.45) is 23.7 Å². The van der Waals surface area contributed by atoms with Crippen molar-refractivity contribution in [3.05, 3.63) is 15.9 Å². The summed E-state index contributed by atoms with van der Waals surface area (Å²) in [4.78, 5) is 12.3. The summed E-state index contributed by atoms with van der Waals surface area (Å²) in [5.41, 5.74) is 5.60. The summed E-state index contributed by atoms with van der Waals surface area (Å²) in [5.74, 6) is 3.16. The van der Waals surface area contributed by atoms with E-state index in [0.29, 0.717) is 11.8 Å². The van der Waals surface area contributed by atoms with Crippen LogP contribution >= 0.6 is 0 Å². The number of anilines is 1. The van der Waals surface area contributed by atoms with Gasteiger partial charge in [0.2, 0.25) is 0 Å². The topological polar surface area (TPSA) is 87.6 Å². The summed E-state index contributed by atoms with van der Waals surface area (Å²) in [6, 6.07) is 2.16. The van der Waals surface area contributed by atoms with Crippen molar-refractivity contribution in [3.8, 4) is 6.07 Å². The zero-order valence-electron chi connectivity index (χ0n) is 10.8. The van der Waals surface area contributed by atoms with Crippen molar-refractivity contribution in [1.29, 1.82) is 5.26 Å². The minimum Gasteiger partial charge on any atom is -0.383 e. The lowest BCUT2D eigenvalue weighted by Crippen LogP contribution is -2.48. The number of hydrogen-bond donors (Lipinski definition) is 2. The molecule has 3 N–H and O–H groups in total. The molecule has 5 nitrogen and oxygen atoms in total. The highest BCUT2D eigenvalue weighted by molar-refractivity contribution is 5.46. The quantitative estimate of drug-likeness (QED) is 0.802. The fourth-order valence-corrected chi connectivity index (χ4v) is 5.11. The number of aromatic amines is 1. The van der Waals surface area contributed by atoms with Crippen LogP contribution in [0.2, 0.25) is 0 Å². The Bertz CT molecular complexity index is 592. The Morgan fingerprint density at radius 3 is 2.21 bits per heavy atom. The highest BCUT2D eigenvalue weighted by atomic mass is 16.1. The molecule has 1 aromatic rings. The lowest BCUT2D eigenvalue weighted by Gasteiger charge is -2.54. The number of hydrogen-bond acceptors (Lipinski definition) is 3. The van der Waals surface area contributed by atoms with E-state index in [1.54, 1.807) is 4.68 Å². The molecule has 0 radical (unpaired) electrons. The molecule has 5 rings (SSSR count). The highest BCUT2D eigenvalue weighted by Crippen LogP contribution is 2.57. The van der Waals surface area contributed by atoms with E-state index in [9.17, 15) is 4.79 Å². The predicted molar refractivity (Wildman–Crippen MR) is 70.3 cm³/mol. The Labute approximate surface area is 111 Å². The van der Waals surface area contributed by atoms with E-state index in [1.165, 1.54) is 32.1 Å². The van der Waals surface area contributed by atoms with Crippen molar-refractivity contribution in [3.63, 3.8) is 0 Å². The van der Waals surface area contributed by atoms with E-state index in [0.717, 1.165) is 11.8 Å². The minimum atomic E-state index is -0.225. The normalized spacial score (nSPS) is 39.4. The standard InChI is InChI=1S/C14H18N4O/c15-6-11-13(16)17-18(14(11)19)12-9-2-7-1-8(4-9)5-10(12)3-7/h7-10,12,17H,1-5,16H2. The monoisotopic (exact) mass is 258 g/mol. The average molecular weight is 258 g/mol. The second kappa shape index (κ2) is 3.66. The Morgan fingerprint density at radius 2 is 1.74 bits per heavy atom. The molecule has 1 heterocycles. The maximum atomic E-state index is 12.3. The number of nitrogens with two attached hydrogens (primary N) is 1. The first-order chi connectivity index (χ1) is 9.17. The maximum Gasteiger partial charge on any atom is 0.286 e. The molecule has 0 amide bonds. The number of nitriles is 1. The number of nitrogens with zero attached hydrogens (tertiary/aromatic N) is 2. The van der Waals surface area contributed by atoms with Crippen LogP contribution in [-0.2, 0) is 0 Å². The average Bonchev–Trinajstić information content (AvgIpc) is 2.63. The van der Waals surface area contributed by atoms with Crippen LogP contribution in [0.1, 0.15) is 43.7 Å². The molecule has 4 bridgehead atoms. The third-order valence-corrected chi connectivity index (χ3v) is 5.53. The van der Waals surface area contributed by atoms with Gasteiger partial charge in [-0.25, -0.2) is 4.68 Å². The van der Waals surface area contributed by atoms with E-state index in [2.05, 4.69) is 5.10 Å². The van der Waals surface area contributed by atoms with Gasteiger partial charge in [0.25, 0.3) is 5.56 Å². The largest absolute Gasteiger partial charge is 0.383 e. The first-order valence-corrected chi connectivity index (χ1v) is 7.17. The van der Waals surface area contributed by atoms with Crippen LogP contribution in [0, 0.1) is 35.0 Å². The van der Waals surface area contributed by atoms with Crippen molar-refractivity contribution >= 4 is 5.82 Å². The predicted octanol–water partition coefficient (Wildman–Crippen LogP) is 1.63. The molecule has 4 fully saturated rings. The summed E-state index contributed by atoms with van der Waals surface area (Å²) < 4.78 is 1.67.